The van der Waals surface area contributed by atoms with Crippen molar-refractivity contribution < 1.29 is 4.39 Å². The van der Waals surface area contributed by atoms with Gasteiger partial charge in [0.25, 0.3) is 0 Å². The maximum Gasteiger partial charge on any atom is 0.124 e. The van der Waals surface area contributed by atoms with Crippen LogP contribution in [0.4, 0.5) is 4.39 Å². The van der Waals surface area contributed by atoms with Crippen LogP contribution in [0.2, 0.25) is 0 Å². The van der Waals surface area contributed by atoms with E-state index < -0.39 is 0 Å². The van der Waals surface area contributed by atoms with Gasteiger partial charge in [-0.05, 0) is 55.3 Å². The van der Waals surface area contributed by atoms with Gasteiger partial charge in [-0.2, -0.15) is 0 Å². The van der Waals surface area contributed by atoms with Crippen molar-refractivity contribution >= 4 is 15.9 Å². The first-order valence-corrected chi connectivity index (χ1v) is 8.31. The Hall–Kier alpha value is -0.410. The molecule has 3 heteroatoms. The van der Waals surface area contributed by atoms with Crippen LogP contribution in [0.15, 0.2) is 22.7 Å². The zero-order valence-electron chi connectivity index (χ0n) is 13.1. The number of aryl methyl sites for hydroxylation is 1. The van der Waals surface area contributed by atoms with Crippen molar-refractivity contribution in [3.05, 3.63) is 34.1 Å². The standard InChI is InChI=1S/C17H27BrFN/c1-5-11-20-16(17(2,3)4)8-6-7-13-9-10-14(19)12-15(13)18/h9-10,12,16,20H,5-8,11H2,1-4H3. The van der Waals surface area contributed by atoms with Crippen molar-refractivity contribution in [1.82, 2.24) is 5.32 Å². The topological polar surface area (TPSA) is 12.0 Å². The molecule has 1 aromatic carbocycles. The van der Waals surface area contributed by atoms with Gasteiger partial charge in [0.2, 0.25) is 0 Å². The third-order valence-electron chi connectivity index (χ3n) is 3.64. The van der Waals surface area contributed by atoms with Crippen LogP contribution in [0.25, 0.3) is 0 Å². The van der Waals surface area contributed by atoms with Crippen LogP contribution in [0, 0.1) is 11.2 Å². The second kappa shape index (κ2) is 8.14. The minimum absolute atomic E-state index is 0.183. The Labute approximate surface area is 131 Å². The molecule has 0 amide bonds. The largest absolute Gasteiger partial charge is 0.313 e. The van der Waals surface area contributed by atoms with Crippen LogP contribution in [0.1, 0.15) is 52.5 Å². The van der Waals surface area contributed by atoms with E-state index in [-0.39, 0.29) is 11.2 Å². The maximum absolute atomic E-state index is 13.1. The molecule has 0 spiro atoms. The Morgan fingerprint density at radius 3 is 2.55 bits per heavy atom. The lowest BCUT2D eigenvalue weighted by Gasteiger charge is -2.32. The summed E-state index contributed by atoms with van der Waals surface area (Å²) in [5, 5.41) is 3.65. The van der Waals surface area contributed by atoms with Gasteiger partial charge < -0.3 is 5.32 Å². The van der Waals surface area contributed by atoms with Crippen molar-refractivity contribution in [3.63, 3.8) is 0 Å². The molecule has 0 heterocycles. The van der Waals surface area contributed by atoms with Gasteiger partial charge in [-0.25, -0.2) is 4.39 Å². The lowest BCUT2D eigenvalue weighted by atomic mass is 9.83. The van der Waals surface area contributed by atoms with Crippen LogP contribution in [0.5, 0.6) is 0 Å². The number of benzene rings is 1. The molecule has 0 bridgehead atoms. The van der Waals surface area contributed by atoms with Crippen molar-refractivity contribution in [2.45, 2.75) is 59.4 Å². The average Bonchev–Trinajstić information content (AvgIpc) is 2.34. The molecule has 0 aromatic heterocycles. The first kappa shape index (κ1) is 17.6. The van der Waals surface area contributed by atoms with Crippen molar-refractivity contribution in [1.29, 1.82) is 0 Å². The van der Waals surface area contributed by atoms with E-state index in [1.165, 1.54) is 11.6 Å². The quantitative estimate of drug-likeness (QED) is 0.705. The third-order valence-corrected chi connectivity index (χ3v) is 4.38. The van der Waals surface area contributed by atoms with Gasteiger partial charge in [0, 0.05) is 10.5 Å². The second-order valence-corrected chi connectivity index (χ2v) is 7.36. The monoisotopic (exact) mass is 343 g/mol. The van der Waals surface area contributed by atoms with Crippen molar-refractivity contribution in [2.75, 3.05) is 6.54 Å². The summed E-state index contributed by atoms with van der Waals surface area (Å²) in [5.41, 5.74) is 1.46. The van der Waals surface area contributed by atoms with Gasteiger partial charge in [0.1, 0.15) is 5.82 Å². The minimum atomic E-state index is -0.183. The summed E-state index contributed by atoms with van der Waals surface area (Å²) >= 11 is 3.44. The van der Waals surface area contributed by atoms with E-state index in [2.05, 4.69) is 48.9 Å². The molecule has 1 rings (SSSR count). The molecule has 1 nitrogen and oxygen atoms in total. The lowest BCUT2D eigenvalue weighted by Crippen LogP contribution is -2.40. The van der Waals surface area contributed by atoms with E-state index in [0.29, 0.717) is 6.04 Å². The molecular formula is C17H27BrFN. The molecule has 0 radical (unpaired) electrons. The van der Waals surface area contributed by atoms with Crippen LogP contribution < -0.4 is 5.32 Å². The molecule has 114 valence electrons. The Kier molecular flexibility index (Phi) is 7.18. The molecule has 1 atom stereocenters. The number of hydrogen-bond acceptors (Lipinski definition) is 1. The minimum Gasteiger partial charge on any atom is -0.313 e. The smallest absolute Gasteiger partial charge is 0.124 e. The number of halogens is 2. The van der Waals surface area contributed by atoms with Gasteiger partial charge in [-0.15, -0.1) is 0 Å². The van der Waals surface area contributed by atoms with Crippen molar-refractivity contribution in [2.24, 2.45) is 5.41 Å². The molecule has 0 aliphatic heterocycles. The van der Waals surface area contributed by atoms with Crippen LogP contribution >= 0.6 is 15.9 Å². The predicted molar refractivity (Wildman–Crippen MR) is 88.6 cm³/mol. The van der Waals surface area contributed by atoms with E-state index in [0.717, 1.165) is 36.7 Å². The fraction of sp³-hybridized carbons (Fsp3) is 0.647. The number of hydrogen-bond donors (Lipinski definition) is 1. The van der Waals surface area contributed by atoms with E-state index in [1.807, 2.05) is 6.07 Å². The third kappa shape index (κ3) is 5.92. The molecule has 1 N–H and O–H groups in total. The summed E-state index contributed by atoms with van der Waals surface area (Å²) in [5.74, 6) is -0.183. The average molecular weight is 344 g/mol. The van der Waals surface area contributed by atoms with E-state index >= 15 is 0 Å². The van der Waals surface area contributed by atoms with Crippen LogP contribution in [-0.2, 0) is 6.42 Å². The van der Waals surface area contributed by atoms with Crippen LogP contribution in [0.3, 0.4) is 0 Å². The summed E-state index contributed by atoms with van der Waals surface area (Å²) in [6.07, 6.45) is 4.41. The molecule has 0 aliphatic carbocycles. The number of nitrogens with one attached hydrogen (secondary N) is 1. The van der Waals surface area contributed by atoms with Gasteiger partial charge in [0.15, 0.2) is 0 Å². The van der Waals surface area contributed by atoms with E-state index in [1.54, 1.807) is 6.07 Å². The van der Waals surface area contributed by atoms with Gasteiger partial charge in [0.05, 0.1) is 0 Å². The molecule has 20 heavy (non-hydrogen) atoms. The predicted octanol–water partition coefficient (Wildman–Crippen LogP) is 5.33. The van der Waals surface area contributed by atoms with Crippen LogP contribution in [-0.4, -0.2) is 12.6 Å². The lowest BCUT2D eigenvalue weighted by molar-refractivity contribution is 0.251. The Morgan fingerprint density at radius 2 is 2.00 bits per heavy atom. The summed E-state index contributed by atoms with van der Waals surface area (Å²) in [7, 11) is 0. The van der Waals surface area contributed by atoms with Gasteiger partial charge >= 0.3 is 0 Å². The molecular weight excluding hydrogens is 317 g/mol. The summed E-state index contributed by atoms with van der Waals surface area (Å²) in [6.45, 7) is 10.1. The number of rotatable bonds is 7. The normalized spacial score (nSPS) is 13.5. The summed E-state index contributed by atoms with van der Waals surface area (Å²) in [6, 6.07) is 5.50. The second-order valence-electron chi connectivity index (χ2n) is 6.50. The Balaban J connectivity index is 2.51. The zero-order valence-corrected chi connectivity index (χ0v) is 14.7. The van der Waals surface area contributed by atoms with Gasteiger partial charge in [-0.1, -0.05) is 49.7 Å². The van der Waals surface area contributed by atoms with Crippen molar-refractivity contribution in [3.8, 4) is 0 Å². The molecule has 0 saturated carbocycles. The van der Waals surface area contributed by atoms with E-state index in [9.17, 15) is 4.39 Å². The highest BCUT2D eigenvalue weighted by molar-refractivity contribution is 9.10. The highest BCUT2D eigenvalue weighted by Crippen LogP contribution is 2.25. The Morgan fingerprint density at radius 1 is 1.30 bits per heavy atom. The molecule has 0 aliphatic rings. The molecule has 0 fully saturated rings. The first-order chi connectivity index (χ1) is 9.34. The summed E-state index contributed by atoms with van der Waals surface area (Å²) < 4.78 is 13.9. The summed E-state index contributed by atoms with van der Waals surface area (Å²) in [4.78, 5) is 0. The molecule has 0 saturated heterocycles. The highest BCUT2D eigenvalue weighted by atomic mass is 79.9. The first-order valence-electron chi connectivity index (χ1n) is 7.52. The fourth-order valence-corrected chi connectivity index (χ4v) is 2.93. The zero-order chi connectivity index (χ0) is 15.2. The van der Waals surface area contributed by atoms with Gasteiger partial charge in [-0.3, -0.25) is 0 Å². The highest BCUT2D eigenvalue weighted by Gasteiger charge is 2.23. The molecule has 1 aromatic rings. The maximum atomic E-state index is 13.1. The van der Waals surface area contributed by atoms with E-state index in [4.69, 9.17) is 0 Å². The Bertz CT molecular complexity index is 412. The fourth-order valence-electron chi connectivity index (χ4n) is 2.38. The molecule has 1 unspecified atom stereocenters. The SMILES string of the molecule is CCCNC(CCCc1ccc(F)cc1Br)C(C)(C)C.